The number of nitrogens with two attached hydrogens (primary N) is 1. The van der Waals surface area contributed by atoms with Crippen LogP contribution < -0.4 is 16.4 Å². The van der Waals surface area contributed by atoms with Crippen LogP contribution in [-0.4, -0.2) is 69.2 Å². The van der Waals surface area contributed by atoms with E-state index in [4.69, 9.17) is 10.5 Å². The fourth-order valence-electron chi connectivity index (χ4n) is 1.50. The Morgan fingerprint density at radius 3 is 2.29 bits per heavy atom. The second-order valence-electron chi connectivity index (χ2n) is 3.75. The van der Waals surface area contributed by atoms with Crippen LogP contribution >= 0.6 is 0 Å². The molecule has 7 nitrogen and oxygen atoms in total. The molecule has 0 saturated carbocycles. The number of carbonyl (C=O) groups excluding carboxylic acids is 2. The molecule has 0 aliphatic carbocycles. The van der Waals surface area contributed by atoms with Gasteiger partial charge >= 0.3 is 11.8 Å². The van der Waals surface area contributed by atoms with Crippen molar-refractivity contribution in [3.05, 3.63) is 0 Å². The normalized spacial score (nSPS) is 16.5. The minimum absolute atomic E-state index is 0.315. The Morgan fingerprint density at radius 2 is 1.71 bits per heavy atom. The maximum atomic E-state index is 11.3. The van der Waals surface area contributed by atoms with Gasteiger partial charge in [0.1, 0.15) is 0 Å². The quantitative estimate of drug-likeness (QED) is 0.465. The molecule has 17 heavy (non-hydrogen) atoms. The summed E-state index contributed by atoms with van der Waals surface area (Å²) in [5.74, 6) is -1.23. The van der Waals surface area contributed by atoms with Crippen molar-refractivity contribution >= 4 is 11.8 Å². The van der Waals surface area contributed by atoms with E-state index < -0.39 is 11.8 Å². The molecule has 0 spiro atoms. The summed E-state index contributed by atoms with van der Waals surface area (Å²) >= 11 is 0. The Labute approximate surface area is 101 Å². The van der Waals surface area contributed by atoms with Crippen molar-refractivity contribution in [1.82, 2.24) is 15.5 Å². The first-order valence-electron chi connectivity index (χ1n) is 5.80. The molecule has 1 heterocycles. The summed E-state index contributed by atoms with van der Waals surface area (Å²) in [5.41, 5.74) is 5.21. The van der Waals surface area contributed by atoms with Crippen molar-refractivity contribution < 1.29 is 14.3 Å². The zero-order valence-electron chi connectivity index (χ0n) is 9.91. The van der Waals surface area contributed by atoms with Crippen LogP contribution in [0.3, 0.4) is 0 Å². The Kier molecular flexibility index (Phi) is 6.53. The van der Waals surface area contributed by atoms with E-state index in [1.165, 1.54) is 0 Å². The van der Waals surface area contributed by atoms with Crippen LogP contribution in [0.5, 0.6) is 0 Å². The minimum atomic E-state index is -0.627. The van der Waals surface area contributed by atoms with Crippen molar-refractivity contribution in [3.8, 4) is 0 Å². The second-order valence-corrected chi connectivity index (χ2v) is 3.75. The number of nitrogens with zero attached hydrogens (tertiary/aromatic N) is 1. The highest BCUT2D eigenvalue weighted by atomic mass is 16.5. The molecule has 0 bridgehead atoms. The Hall–Kier alpha value is -1.18. The van der Waals surface area contributed by atoms with Crippen LogP contribution in [0.1, 0.15) is 0 Å². The van der Waals surface area contributed by atoms with Gasteiger partial charge in [0.15, 0.2) is 0 Å². The minimum Gasteiger partial charge on any atom is -0.379 e. The summed E-state index contributed by atoms with van der Waals surface area (Å²) in [5, 5.41) is 4.98. The lowest BCUT2D eigenvalue weighted by molar-refractivity contribution is -0.139. The molecule has 1 aliphatic heterocycles. The molecule has 1 fully saturated rings. The first-order chi connectivity index (χ1) is 8.24. The molecule has 1 aliphatic rings. The van der Waals surface area contributed by atoms with E-state index in [-0.39, 0.29) is 0 Å². The lowest BCUT2D eigenvalue weighted by Crippen LogP contribution is -2.45. The van der Waals surface area contributed by atoms with Gasteiger partial charge in [0.05, 0.1) is 13.2 Å². The largest absolute Gasteiger partial charge is 0.379 e. The summed E-state index contributed by atoms with van der Waals surface area (Å²) in [6.07, 6.45) is 0. The molecule has 0 aromatic heterocycles. The first kappa shape index (κ1) is 13.9. The standard InChI is InChI=1S/C10H20N4O3/c11-1-2-12-9(15)10(16)13-3-4-14-5-7-17-8-6-14/h1-8,11H2,(H,12,15)(H,13,16). The van der Waals surface area contributed by atoms with Crippen molar-refractivity contribution in [2.24, 2.45) is 5.73 Å². The number of hydrogen-bond acceptors (Lipinski definition) is 5. The van der Waals surface area contributed by atoms with Crippen LogP contribution in [-0.2, 0) is 14.3 Å². The van der Waals surface area contributed by atoms with Gasteiger partial charge in [-0.1, -0.05) is 0 Å². The number of rotatable bonds is 5. The third kappa shape index (κ3) is 5.62. The van der Waals surface area contributed by atoms with Crippen molar-refractivity contribution in [3.63, 3.8) is 0 Å². The number of morpholine rings is 1. The molecule has 0 unspecified atom stereocenters. The molecule has 2 amide bonds. The van der Waals surface area contributed by atoms with Crippen LogP contribution in [0.15, 0.2) is 0 Å². The summed E-state index contributed by atoms with van der Waals surface area (Å²) in [4.78, 5) is 24.6. The van der Waals surface area contributed by atoms with Crippen molar-refractivity contribution in [1.29, 1.82) is 0 Å². The van der Waals surface area contributed by atoms with E-state index in [0.717, 1.165) is 32.8 Å². The number of carbonyl (C=O) groups is 2. The maximum Gasteiger partial charge on any atom is 0.309 e. The van der Waals surface area contributed by atoms with Crippen molar-refractivity contribution in [2.45, 2.75) is 0 Å². The molecular formula is C10H20N4O3. The van der Waals surface area contributed by atoms with Gasteiger partial charge in [-0.15, -0.1) is 0 Å². The Morgan fingerprint density at radius 1 is 1.12 bits per heavy atom. The molecule has 7 heteroatoms. The first-order valence-corrected chi connectivity index (χ1v) is 5.80. The van der Waals surface area contributed by atoms with Crippen LogP contribution in [0, 0.1) is 0 Å². The summed E-state index contributed by atoms with van der Waals surface area (Å²) in [7, 11) is 0. The summed E-state index contributed by atoms with van der Waals surface area (Å²) in [6, 6.07) is 0. The van der Waals surface area contributed by atoms with Gasteiger partial charge in [0, 0.05) is 39.3 Å². The molecule has 0 radical (unpaired) electrons. The molecular weight excluding hydrogens is 224 g/mol. The highest BCUT2D eigenvalue weighted by molar-refractivity contribution is 6.35. The van der Waals surface area contributed by atoms with E-state index in [1.54, 1.807) is 0 Å². The van der Waals surface area contributed by atoms with Crippen LogP contribution in [0.4, 0.5) is 0 Å². The van der Waals surface area contributed by atoms with E-state index in [9.17, 15) is 9.59 Å². The fraction of sp³-hybridized carbons (Fsp3) is 0.800. The average molecular weight is 244 g/mol. The second kappa shape index (κ2) is 7.99. The van der Waals surface area contributed by atoms with E-state index in [0.29, 0.717) is 19.6 Å². The maximum absolute atomic E-state index is 11.3. The van der Waals surface area contributed by atoms with Gasteiger partial charge in [0.25, 0.3) is 0 Å². The molecule has 4 N–H and O–H groups in total. The Bertz CT molecular complexity index is 254. The summed E-state index contributed by atoms with van der Waals surface area (Å²) in [6.45, 7) is 5.04. The number of hydrogen-bond donors (Lipinski definition) is 3. The lowest BCUT2D eigenvalue weighted by atomic mass is 10.4. The summed E-state index contributed by atoms with van der Waals surface area (Å²) < 4.78 is 5.20. The number of ether oxygens (including phenoxy) is 1. The molecule has 1 saturated heterocycles. The Balaban J connectivity index is 2.08. The molecule has 0 aromatic carbocycles. The van der Waals surface area contributed by atoms with Gasteiger partial charge in [-0.3, -0.25) is 14.5 Å². The predicted molar refractivity (Wildman–Crippen MR) is 62.3 cm³/mol. The third-order valence-electron chi connectivity index (χ3n) is 2.45. The lowest BCUT2D eigenvalue weighted by Gasteiger charge is -2.26. The van der Waals surface area contributed by atoms with E-state index >= 15 is 0 Å². The van der Waals surface area contributed by atoms with E-state index in [2.05, 4.69) is 15.5 Å². The smallest absolute Gasteiger partial charge is 0.309 e. The molecule has 0 aromatic rings. The van der Waals surface area contributed by atoms with Crippen LogP contribution in [0.2, 0.25) is 0 Å². The van der Waals surface area contributed by atoms with Gasteiger partial charge in [-0.05, 0) is 0 Å². The third-order valence-corrected chi connectivity index (χ3v) is 2.45. The van der Waals surface area contributed by atoms with Gasteiger partial charge in [-0.2, -0.15) is 0 Å². The molecule has 98 valence electrons. The predicted octanol–water partition coefficient (Wildman–Crippen LogP) is -2.49. The van der Waals surface area contributed by atoms with Gasteiger partial charge < -0.3 is 21.1 Å². The zero-order chi connectivity index (χ0) is 12.5. The van der Waals surface area contributed by atoms with E-state index in [1.807, 2.05) is 0 Å². The number of nitrogens with one attached hydrogen (secondary N) is 2. The monoisotopic (exact) mass is 244 g/mol. The highest BCUT2D eigenvalue weighted by Crippen LogP contribution is 1.94. The topological polar surface area (TPSA) is 96.7 Å². The average Bonchev–Trinajstić information content (AvgIpc) is 2.37. The molecule has 1 rings (SSSR count). The molecule has 0 atom stereocenters. The SMILES string of the molecule is NCCNC(=O)C(=O)NCCN1CCOCC1. The van der Waals surface area contributed by atoms with Gasteiger partial charge in [-0.25, -0.2) is 0 Å². The van der Waals surface area contributed by atoms with Gasteiger partial charge in [0.2, 0.25) is 0 Å². The van der Waals surface area contributed by atoms with Crippen molar-refractivity contribution in [2.75, 3.05) is 52.5 Å². The fourth-order valence-corrected chi connectivity index (χ4v) is 1.50. The zero-order valence-corrected chi connectivity index (χ0v) is 9.91. The highest BCUT2D eigenvalue weighted by Gasteiger charge is 2.13. The number of amides is 2. The van der Waals surface area contributed by atoms with Crippen LogP contribution in [0.25, 0.3) is 0 Å².